The zero-order valence-electron chi connectivity index (χ0n) is 12.8. The summed E-state index contributed by atoms with van der Waals surface area (Å²) in [6, 6.07) is 5.86. The summed E-state index contributed by atoms with van der Waals surface area (Å²) in [5, 5.41) is 14.1. The summed E-state index contributed by atoms with van der Waals surface area (Å²) >= 11 is 0. The van der Waals surface area contributed by atoms with Gasteiger partial charge in [0.15, 0.2) is 5.76 Å². The highest BCUT2D eigenvalue weighted by atomic mass is 16.5. The van der Waals surface area contributed by atoms with Crippen LogP contribution in [-0.4, -0.2) is 41.0 Å². The van der Waals surface area contributed by atoms with Crippen molar-refractivity contribution in [3.05, 3.63) is 41.7 Å². The summed E-state index contributed by atoms with van der Waals surface area (Å²) in [5.41, 5.74) is 0.893. The SMILES string of the molecule is Cc1cc([C@@H]2CCCN2C[C@H](O)COCc2ccco2)on1. The van der Waals surface area contributed by atoms with Crippen LogP contribution in [0.5, 0.6) is 0 Å². The van der Waals surface area contributed by atoms with Gasteiger partial charge in [-0.25, -0.2) is 0 Å². The quantitative estimate of drug-likeness (QED) is 0.846. The molecule has 2 aromatic rings. The lowest BCUT2D eigenvalue weighted by Crippen LogP contribution is -2.34. The zero-order chi connectivity index (χ0) is 15.4. The van der Waals surface area contributed by atoms with Gasteiger partial charge in [0.25, 0.3) is 0 Å². The van der Waals surface area contributed by atoms with Crippen LogP contribution >= 0.6 is 0 Å². The van der Waals surface area contributed by atoms with Gasteiger partial charge in [0.1, 0.15) is 12.4 Å². The molecular weight excluding hydrogens is 284 g/mol. The van der Waals surface area contributed by atoms with E-state index in [2.05, 4.69) is 10.1 Å². The number of hydrogen-bond donors (Lipinski definition) is 1. The Bertz CT molecular complexity index is 566. The summed E-state index contributed by atoms with van der Waals surface area (Å²) in [4.78, 5) is 2.24. The maximum Gasteiger partial charge on any atom is 0.154 e. The van der Waals surface area contributed by atoms with Crippen LogP contribution in [0.15, 0.2) is 33.4 Å². The van der Waals surface area contributed by atoms with Gasteiger partial charge in [0.05, 0.1) is 30.7 Å². The van der Waals surface area contributed by atoms with E-state index in [1.54, 1.807) is 6.26 Å². The third-order valence-corrected chi connectivity index (χ3v) is 3.92. The summed E-state index contributed by atoms with van der Waals surface area (Å²) in [6.45, 7) is 4.12. The Labute approximate surface area is 129 Å². The van der Waals surface area contributed by atoms with Gasteiger partial charge in [-0.1, -0.05) is 5.16 Å². The molecule has 1 N–H and O–H groups in total. The molecule has 1 saturated heterocycles. The number of aryl methyl sites for hydroxylation is 1. The Morgan fingerprint density at radius 2 is 2.45 bits per heavy atom. The largest absolute Gasteiger partial charge is 0.467 e. The van der Waals surface area contributed by atoms with E-state index in [4.69, 9.17) is 13.7 Å². The Morgan fingerprint density at radius 1 is 1.55 bits per heavy atom. The number of aromatic nitrogens is 1. The van der Waals surface area contributed by atoms with Crippen molar-refractivity contribution in [3.8, 4) is 0 Å². The highest BCUT2D eigenvalue weighted by molar-refractivity contribution is 5.09. The van der Waals surface area contributed by atoms with Crippen LogP contribution in [0, 0.1) is 6.92 Å². The molecule has 0 unspecified atom stereocenters. The number of rotatable bonds is 7. The monoisotopic (exact) mass is 306 g/mol. The molecule has 2 atom stereocenters. The lowest BCUT2D eigenvalue weighted by atomic mass is 10.1. The molecule has 3 rings (SSSR count). The predicted molar refractivity (Wildman–Crippen MR) is 79.2 cm³/mol. The lowest BCUT2D eigenvalue weighted by Gasteiger charge is -2.24. The second-order valence-electron chi connectivity index (χ2n) is 5.77. The van der Waals surface area contributed by atoms with Gasteiger partial charge in [-0.05, 0) is 38.4 Å². The molecule has 1 fully saturated rings. The van der Waals surface area contributed by atoms with Crippen LogP contribution in [0.3, 0.4) is 0 Å². The number of ether oxygens (including phenoxy) is 1. The van der Waals surface area contributed by atoms with Crippen LogP contribution in [0.4, 0.5) is 0 Å². The van der Waals surface area contributed by atoms with E-state index in [9.17, 15) is 5.11 Å². The van der Waals surface area contributed by atoms with Gasteiger partial charge < -0.3 is 18.8 Å². The molecule has 1 aliphatic rings. The Balaban J connectivity index is 1.46. The number of aliphatic hydroxyl groups excluding tert-OH is 1. The van der Waals surface area contributed by atoms with E-state index >= 15 is 0 Å². The third kappa shape index (κ3) is 3.76. The second kappa shape index (κ2) is 7.09. The average molecular weight is 306 g/mol. The van der Waals surface area contributed by atoms with Crippen LogP contribution in [0.25, 0.3) is 0 Å². The summed E-state index contributed by atoms with van der Waals surface area (Å²) in [5.74, 6) is 1.65. The first-order chi connectivity index (χ1) is 10.7. The molecular formula is C16H22N2O4. The van der Waals surface area contributed by atoms with E-state index in [1.165, 1.54) is 0 Å². The second-order valence-corrected chi connectivity index (χ2v) is 5.77. The van der Waals surface area contributed by atoms with Crippen LogP contribution < -0.4 is 0 Å². The first-order valence-corrected chi connectivity index (χ1v) is 7.68. The summed E-state index contributed by atoms with van der Waals surface area (Å²) in [7, 11) is 0. The normalized spacial score (nSPS) is 20.5. The van der Waals surface area contributed by atoms with E-state index < -0.39 is 6.10 Å². The highest BCUT2D eigenvalue weighted by Gasteiger charge is 2.30. The van der Waals surface area contributed by atoms with Gasteiger partial charge in [0, 0.05) is 12.6 Å². The molecule has 0 bridgehead atoms. The summed E-state index contributed by atoms with van der Waals surface area (Å²) in [6.07, 6.45) is 3.22. The van der Waals surface area contributed by atoms with Gasteiger partial charge in [-0.2, -0.15) is 0 Å². The van der Waals surface area contributed by atoms with Crippen LogP contribution in [0.1, 0.15) is 36.1 Å². The topological polar surface area (TPSA) is 71.9 Å². The molecule has 0 amide bonds. The Hall–Kier alpha value is -1.63. The number of aliphatic hydroxyl groups is 1. The summed E-state index contributed by atoms with van der Waals surface area (Å²) < 4.78 is 16.1. The fraction of sp³-hybridized carbons (Fsp3) is 0.562. The average Bonchev–Trinajstić information content (AvgIpc) is 3.20. The molecule has 0 saturated carbocycles. The maximum atomic E-state index is 10.2. The fourth-order valence-corrected chi connectivity index (χ4v) is 2.92. The molecule has 1 aliphatic heterocycles. The van der Waals surface area contributed by atoms with Crippen molar-refractivity contribution in [1.82, 2.24) is 10.1 Å². The smallest absolute Gasteiger partial charge is 0.154 e. The minimum Gasteiger partial charge on any atom is -0.467 e. The lowest BCUT2D eigenvalue weighted by molar-refractivity contribution is 0.00164. The number of β-amino-alcohol motifs (C(OH)–C–C–N with tert-alkyl or cyclic N) is 1. The molecule has 0 radical (unpaired) electrons. The number of likely N-dealkylation sites (tertiary alicyclic amines) is 1. The Morgan fingerprint density at radius 3 is 3.18 bits per heavy atom. The van der Waals surface area contributed by atoms with Gasteiger partial charge in [-0.3, -0.25) is 4.90 Å². The third-order valence-electron chi connectivity index (χ3n) is 3.92. The van der Waals surface area contributed by atoms with Crippen molar-refractivity contribution in [2.45, 2.75) is 38.5 Å². The first-order valence-electron chi connectivity index (χ1n) is 7.68. The van der Waals surface area contributed by atoms with Crippen LogP contribution in [0.2, 0.25) is 0 Å². The number of nitrogens with zero attached hydrogens (tertiary/aromatic N) is 2. The maximum absolute atomic E-state index is 10.2. The molecule has 3 heterocycles. The van der Waals surface area contributed by atoms with Crippen LogP contribution in [-0.2, 0) is 11.3 Å². The molecule has 6 heteroatoms. The predicted octanol–water partition coefficient (Wildman–Crippen LogP) is 2.29. The highest BCUT2D eigenvalue weighted by Crippen LogP contribution is 2.32. The molecule has 120 valence electrons. The molecule has 6 nitrogen and oxygen atoms in total. The van der Waals surface area contributed by atoms with Crippen molar-refractivity contribution in [1.29, 1.82) is 0 Å². The van der Waals surface area contributed by atoms with Crippen molar-refractivity contribution >= 4 is 0 Å². The molecule has 0 aliphatic carbocycles. The van der Waals surface area contributed by atoms with Gasteiger partial charge >= 0.3 is 0 Å². The zero-order valence-corrected chi connectivity index (χ0v) is 12.8. The molecule has 2 aromatic heterocycles. The molecule has 22 heavy (non-hydrogen) atoms. The van der Waals surface area contributed by atoms with Crippen molar-refractivity contribution in [2.24, 2.45) is 0 Å². The van der Waals surface area contributed by atoms with Gasteiger partial charge in [0.2, 0.25) is 0 Å². The van der Waals surface area contributed by atoms with E-state index in [0.717, 1.165) is 36.6 Å². The Kier molecular flexibility index (Phi) is 4.92. The van der Waals surface area contributed by atoms with Crippen molar-refractivity contribution < 1.29 is 18.8 Å². The molecule has 0 aromatic carbocycles. The van der Waals surface area contributed by atoms with E-state index in [1.807, 2.05) is 25.1 Å². The number of furan rings is 1. The number of hydrogen-bond acceptors (Lipinski definition) is 6. The minimum atomic E-state index is -0.528. The van der Waals surface area contributed by atoms with E-state index in [-0.39, 0.29) is 6.04 Å². The van der Waals surface area contributed by atoms with Crippen molar-refractivity contribution in [2.75, 3.05) is 19.7 Å². The van der Waals surface area contributed by atoms with E-state index in [0.29, 0.717) is 19.8 Å². The fourth-order valence-electron chi connectivity index (χ4n) is 2.92. The minimum absolute atomic E-state index is 0.209. The first kappa shape index (κ1) is 15.3. The van der Waals surface area contributed by atoms with Gasteiger partial charge in [-0.15, -0.1) is 0 Å². The standard InChI is InChI=1S/C16H22N2O4/c1-12-8-16(22-17-12)15-5-2-6-18(15)9-13(19)10-20-11-14-4-3-7-21-14/h3-4,7-8,13,15,19H,2,5-6,9-11H2,1H3/t13-,15-/m0/s1. The van der Waals surface area contributed by atoms with Crippen molar-refractivity contribution in [3.63, 3.8) is 0 Å². The molecule has 0 spiro atoms.